The highest BCUT2D eigenvalue weighted by molar-refractivity contribution is 5.87. The molecule has 0 aliphatic rings. The van der Waals surface area contributed by atoms with Crippen molar-refractivity contribution in [1.29, 1.82) is 0 Å². The third-order valence-electron chi connectivity index (χ3n) is 2.18. The maximum Gasteiger partial charge on any atom is 0.337 e. The molecule has 0 saturated carbocycles. The van der Waals surface area contributed by atoms with Crippen LogP contribution in [0.2, 0.25) is 0 Å². The van der Waals surface area contributed by atoms with Crippen LogP contribution in [0, 0.1) is 6.92 Å². The summed E-state index contributed by atoms with van der Waals surface area (Å²) in [6, 6.07) is 1.41. The summed E-state index contributed by atoms with van der Waals surface area (Å²) in [5.74, 6) is 0.0141. The van der Waals surface area contributed by atoms with Gasteiger partial charge in [-0.2, -0.15) is 0 Å². The van der Waals surface area contributed by atoms with Crippen molar-refractivity contribution in [2.24, 2.45) is 0 Å². The molecule has 17 heavy (non-hydrogen) atoms. The van der Waals surface area contributed by atoms with Crippen LogP contribution in [-0.2, 0) is 6.61 Å². The number of hydrogen-bond donors (Lipinski definition) is 1. The molecular weight excluding hydrogens is 224 g/mol. The highest BCUT2D eigenvalue weighted by Gasteiger charge is 2.07. The normalized spacial score (nSPS) is 10.2. The monoisotopic (exact) mass is 234 g/mol. The molecule has 0 unspecified atom stereocenters. The Kier molecular flexibility index (Phi) is 3.04. The van der Waals surface area contributed by atoms with Crippen molar-refractivity contribution in [2.75, 3.05) is 0 Å². The molecule has 0 atom stereocenters. The van der Waals surface area contributed by atoms with E-state index in [1.807, 2.05) is 0 Å². The number of oxazole rings is 1. The molecule has 0 aliphatic carbocycles. The van der Waals surface area contributed by atoms with E-state index in [9.17, 15) is 4.79 Å². The molecule has 0 fully saturated rings. The number of carboxylic acid groups (broad SMARTS) is 1. The first kappa shape index (κ1) is 11.1. The van der Waals surface area contributed by atoms with E-state index in [0.717, 1.165) is 0 Å². The SMILES string of the molecule is Cc1ocnc1COc1cncc(C(=O)O)c1. The van der Waals surface area contributed by atoms with Gasteiger partial charge in [-0.05, 0) is 13.0 Å². The summed E-state index contributed by atoms with van der Waals surface area (Å²) in [4.78, 5) is 18.5. The summed E-state index contributed by atoms with van der Waals surface area (Å²) >= 11 is 0. The van der Waals surface area contributed by atoms with Gasteiger partial charge < -0.3 is 14.3 Å². The van der Waals surface area contributed by atoms with Gasteiger partial charge in [0.2, 0.25) is 0 Å². The second-order valence-electron chi connectivity index (χ2n) is 3.36. The fourth-order valence-electron chi connectivity index (χ4n) is 1.23. The lowest BCUT2D eigenvalue weighted by molar-refractivity contribution is 0.0696. The van der Waals surface area contributed by atoms with E-state index in [2.05, 4.69) is 9.97 Å². The molecule has 0 spiro atoms. The van der Waals surface area contributed by atoms with Gasteiger partial charge in [-0.3, -0.25) is 4.98 Å². The molecule has 0 bridgehead atoms. The first-order valence-corrected chi connectivity index (χ1v) is 4.87. The minimum atomic E-state index is -1.04. The number of pyridine rings is 1. The summed E-state index contributed by atoms with van der Waals surface area (Å²) < 4.78 is 10.4. The zero-order valence-electron chi connectivity index (χ0n) is 9.08. The molecule has 1 N–H and O–H groups in total. The zero-order valence-corrected chi connectivity index (χ0v) is 9.08. The highest BCUT2D eigenvalue weighted by atomic mass is 16.5. The molecule has 6 nitrogen and oxygen atoms in total. The number of hydrogen-bond acceptors (Lipinski definition) is 5. The Morgan fingerprint density at radius 1 is 1.53 bits per heavy atom. The summed E-state index contributed by atoms with van der Waals surface area (Å²) in [5, 5.41) is 8.78. The van der Waals surface area contributed by atoms with Gasteiger partial charge in [0.15, 0.2) is 6.39 Å². The third-order valence-corrected chi connectivity index (χ3v) is 2.18. The van der Waals surface area contributed by atoms with Crippen LogP contribution in [0.3, 0.4) is 0 Å². The summed E-state index contributed by atoms with van der Waals surface area (Å²) in [6.45, 7) is 1.99. The van der Waals surface area contributed by atoms with Crippen molar-refractivity contribution < 1.29 is 19.1 Å². The Labute approximate surface area is 96.9 Å². The van der Waals surface area contributed by atoms with Crippen LogP contribution < -0.4 is 4.74 Å². The van der Waals surface area contributed by atoms with Gasteiger partial charge in [-0.15, -0.1) is 0 Å². The predicted octanol–water partition coefficient (Wildman–Crippen LogP) is 1.66. The van der Waals surface area contributed by atoms with E-state index in [1.54, 1.807) is 6.92 Å². The average molecular weight is 234 g/mol. The molecule has 0 aliphatic heterocycles. The van der Waals surface area contributed by atoms with Gasteiger partial charge in [0.25, 0.3) is 0 Å². The number of ether oxygens (including phenoxy) is 1. The van der Waals surface area contributed by atoms with Gasteiger partial charge in [0.1, 0.15) is 23.8 Å². The van der Waals surface area contributed by atoms with E-state index in [-0.39, 0.29) is 12.2 Å². The Hall–Kier alpha value is -2.37. The lowest BCUT2D eigenvalue weighted by Gasteiger charge is -2.04. The topological polar surface area (TPSA) is 85.5 Å². The standard InChI is InChI=1S/C11H10N2O4/c1-7-10(13-6-17-7)5-16-9-2-8(11(14)15)3-12-4-9/h2-4,6H,5H2,1H3,(H,14,15). The molecule has 2 aromatic heterocycles. The van der Waals surface area contributed by atoms with Crippen molar-refractivity contribution in [3.8, 4) is 5.75 Å². The number of aromatic carboxylic acids is 1. The minimum Gasteiger partial charge on any atom is -0.486 e. The Morgan fingerprint density at radius 2 is 2.35 bits per heavy atom. The van der Waals surface area contributed by atoms with Crippen LogP contribution in [0.15, 0.2) is 29.3 Å². The van der Waals surface area contributed by atoms with Gasteiger partial charge in [-0.25, -0.2) is 9.78 Å². The maximum atomic E-state index is 10.7. The molecule has 2 rings (SSSR count). The van der Waals surface area contributed by atoms with Crippen LogP contribution >= 0.6 is 0 Å². The van der Waals surface area contributed by atoms with Crippen LogP contribution in [0.1, 0.15) is 21.8 Å². The predicted molar refractivity (Wildman–Crippen MR) is 56.8 cm³/mol. The Bertz CT molecular complexity index is 536. The number of carboxylic acids is 1. The van der Waals surface area contributed by atoms with E-state index in [1.165, 1.54) is 24.9 Å². The number of rotatable bonds is 4. The first-order chi connectivity index (χ1) is 8.16. The number of aryl methyl sites for hydroxylation is 1. The first-order valence-electron chi connectivity index (χ1n) is 4.87. The largest absolute Gasteiger partial charge is 0.486 e. The van der Waals surface area contributed by atoms with Gasteiger partial charge >= 0.3 is 5.97 Å². The van der Waals surface area contributed by atoms with Crippen LogP contribution in [0.5, 0.6) is 5.75 Å². The van der Waals surface area contributed by atoms with Crippen molar-refractivity contribution >= 4 is 5.97 Å². The van der Waals surface area contributed by atoms with E-state index in [0.29, 0.717) is 17.2 Å². The highest BCUT2D eigenvalue weighted by Crippen LogP contribution is 2.14. The molecule has 0 amide bonds. The molecular formula is C11H10N2O4. The van der Waals surface area contributed by atoms with Crippen molar-refractivity contribution in [3.05, 3.63) is 41.9 Å². The lowest BCUT2D eigenvalue weighted by atomic mass is 10.3. The molecule has 0 radical (unpaired) electrons. The van der Waals surface area contributed by atoms with E-state index in [4.69, 9.17) is 14.3 Å². The maximum absolute atomic E-state index is 10.7. The molecule has 2 aromatic rings. The second kappa shape index (κ2) is 4.65. The van der Waals surface area contributed by atoms with Crippen LogP contribution in [-0.4, -0.2) is 21.0 Å². The summed E-state index contributed by atoms with van der Waals surface area (Å²) in [7, 11) is 0. The second-order valence-corrected chi connectivity index (χ2v) is 3.36. The summed E-state index contributed by atoms with van der Waals surface area (Å²) in [5.41, 5.74) is 0.755. The van der Waals surface area contributed by atoms with Crippen molar-refractivity contribution in [1.82, 2.24) is 9.97 Å². The van der Waals surface area contributed by atoms with Crippen molar-refractivity contribution in [3.63, 3.8) is 0 Å². The quantitative estimate of drug-likeness (QED) is 0.865. The van der Waals surface area contributed by atoms with Gasteiger partial charge in [0.05, 0.1) is 11.8 Å². The summed E-state index contributed by atoms with van der Waals surface area (Å²) in [6.07, 6.45) is 4.04. The zero-order chi connectivity index (χ0) is 12.3. The molecule has 0 aromatic carbocycles. The van der Waals surface area contributed by atoms with E-state index < -0.39 is 5.97 Å². The van der Waals surface area contributed by atoms with Crippen LogP contribution in [0.4, 0.5) is 0 Å². The van der Waals surface area contributed by atoms with Gasteiger partial charge in [0, 0.05) is 6.20 Å². The fourth-order valence-corrected chi connectivity index (χ4v) is 1.23. The van der Waals surface area contributed by atoms with Crippen LogP contribution in [0.25, 0.3) is 0 Å². The third kappa shape index (κ3) is 2.60. The number of carbonyl (C=O) groups is 1. The molecule has 6 heteroatoms. The minimum absolute atomic E-state index is 0.0828. The van der Waals surface area contributed by atoms with Gasteiger partial charge in [-0.1, -0.05) is 0 Å². The van der Waals surface area contributed by atoms with Crippen molar-refractivity contribution in [2.45, 2.75) is 13.5 Å². The Morgan fingerprint density at radius 3 is 3.00 bits per heavy atom. The lowest BCUT2D eigenvalue weighted by Crippen LogP contribution is -2.01. The Balaban J connectivity index is 2.07. The number of nitrogens with zero attached hydrogens (tertiary/aromatic N) is 2. The number of aromatic nitrogens is 2. The fraction of sp³-hybridized carbons (Fsp3) is 0.182. The smallest absolute Gasteiger partial charge is 0.337 e. The molecule has 2 heterocycles. The van der Waals surface area contributed by atoms with E-state index >= 15 is 0 Å². The molecule has 0 saturated heterocycles. The molecule has 88 valence electrons. The average Bonchev–Trinajstić information content (AvgIpc) is 2.72.